The summed E-state index contributed by atoms with van der Waals surface area (Å²) in [6, 6.07) is 8.48. The highest BCUT2D eigenvalue weighted by Gasteiger charge is 2.63. The maximum absolute atomic E-state index is 14.2. The van der Waals surface area contributed by atoms with Crippen LogP contribution in [0.1, 0.15) is 12.5 Å². The number of fused-ring (bicyclic) bond motifs is 4. The summed E-state index contributed by atoms with van der Waals surface area (Å²) in [5.41, 5.74) is -0.801. The van der Waals surface area contributed by atoms with Crippen LogP contribution in [0.25, 0.3) is 0 Å². The number of nitro benzene ring substituents is 1. The number of carbonyl (C=O) groups excluding carboxylic acids is 4. The molecule has 2 fully saturated rings. The highest BCUT2D eigenvalue weighted by molar-refractivity contribution is 6.32. The average Bonchev–Trinajstić information content (AvgIpc) is 2.87. The van der Waals surface area contributed by atoms with Gasteiger partial charge in [0, 0.05) is 48.9 Å². The third-order valence-corrected chi connectivity index (χ3v) is 7.28. The van der Waals surface area contributed by atoms with E-state index in [2.05, 4.69) is 5.32 Å². The first-order valence-electron chi connectivity index (χ1n) is 11.6. The lowest BCUT2D eigenvalue weighted by atomic mass is 9.67. The molecule has 37 heavy (non-hydrogen) atoms. The lowest BCUT2D eigenvalue weighted by molar-refractivity contribution is -0.384. The lowest BCUT2D eigenvalue weighted by Crippen LogP contribution is -2.75. The van der Waals surface area contributed by atoms with Crippen LogP contribution in [-0.2, 0) is 20.7 Å². The van der Waals surface area contributed by atoms with Crippen LogP contribution < -0.4 is 15.1 Å². The second-order valence-electron chi connectivity index (χ2n) is 8.95. The highest BCUT2D eigenvalue weighted by atomic mass is 35.5. The van der Waals surface area contributed by atoms with Gasteiger partial charge in [0.1, 0.15) is 0 Å². The van der Waals surface area contributed by atoms with Crippen LogP contribution >= 0.6 is 11.6 Å². The number of imide groups is 2. The van der Waals surface area contributed by atoms with E-state index in [0.717, 1.165) is 4.90 Å². The molecule has 13 heteroatoms. The molecule has 2 atom stereocenters. The molecule has 12 nitrogen and oxygen atoms in total. The molecule has 3 heterocycles. The van der Waals surface area contributed by atoms with Crippen LogP contribution in [0.5, 0.6) is 0 Å². The van der Waals surface area contributed by atoms with Crippen LogP contribution in [0.4, 0.5) is 26.7 Å². The molecule has 2 aromatic carbocycles. The monoisotopic (exact) mass is 527 g/mol. The Balaban J connectivity index is 1.65. The lowest BCUT2D eigenvalue weighted by Gasteiger charge is -2.55. The minimum Gasteiger partial charge on any atom is -0.450 e. The molecular formula is C24H22ClN5O7. The molecule has 0 unspecified atom stereocenters. The van der Waals surface area contributed by atoms with Gasteiger partial charge in [-0.2, -0.15) is 0 Å². The molecule has 0 bridgehead atoms. The summed E-state index contributed by atoms with van der Waals surface area (Å²) in [6.07, 6.45) is -0.787. The molecule has 2 saturated heterocycles. The van der Waals surface area contributed by atoms with E-state index in [1.54, 1.807) is 13.0 Å². The van der Waals surface area contributed by atoms with E-state index in [-0.39, 0.29) is 44.0 Å². The SMILES string of the molecule is CCOC(=O)N1CCN2c3ccc([N+](=O)[O-])cc3C[C@@]3(C(=O)NC(=O)N(c4ccc(Cl)cc4)C3=O)[C@H]2C1. The molecule has 3 aliphatic rings. The number of carbonyl (C=O) groups is 4. The van der Waals surface area contributed by atoms with E-state index in [4.69, 9.17) is 16.3 Å². The number of hydrogen-bond acceptors (Lipinski definition) is 8. The van der Waals surface area contributed by atoms with Crippen molar-refractivity contribution in [1.29, 1.82) is 0 Å². The number of benzene rings is 2. The summed E-state index contributed by atoms with van der Waals surface area (Å²) < 4.78 is 5.15. The Hall–Kier alpha value is -4.19. The minimum atomic E-state index is -1.86. The van der Waals surface area contributed by atoms with Crippen LogP contribution in [0.2, 0.25) is 5.02 Å². The number of amides is 5. The van der Waals surface area contributed by atoms with E-state index in [9.17, 15) is 29.3 Å². The first kappa shape index (κ1) is 24.5. The van der Waals surface area contributed by atoms with E-state index < -0.39 is 40.3 Å². The van der Waals surface area contributed by atoms with Crippen LogP contribution in [0.3, 0.4) is 0 Å². The van der Waals surface area contributed by atoms with Gasteiger partial charge >= 0.3 is 12.1 Å². The molecule has 2 aromatic rings. The first-order valence-corrected chi connectivity index (χ1v) is 12.0. The third-order valence-electron chi connectivity index (χ3n) is 7.03. The number of ether oxygens (including phenoxy) is 1. The van der Waals surface area contributed by atoms with E-state index in [1.807, 2.05) is 4.90 Å². The normalized spacial score (nSPS) is 22.9. The van der Waals surface area contributed by atoms with Crippen molar-refractivity contribution in [2.24, 2.45) is 5.41 Å². The molecule has 5 amide bonds. The number of barbiturate groups is 1. The van der Waals surface area contributed by atoms with Crippen LogP contribution in [-0.4, -0.2) is 66.0 Å². The van der Waals surface area contributed by atoms with Crippen molar-refractivity contribution in [2.75, 3.05) is 36.0 Å². The largest absolute Gasteiger partial charge is 0.450 e. The van der Waals surface area contributed by atoms with Gasteiger partial charge in [-0.25, -0.2) is 14.5 Å². The zero-order valence-corrected chi connectivity index (χ0v) is 20.4. The molecule has 0 saturated carbocycles. The van der Waals surface area contributed by atoms with Gasteiger partial charge < -0.3 is 14.5 Å². The number of rotatable bonds is 3. The van der Waals surface area contributed by atoms with Gasteiger partial charge in [-0.1, -0.05) is 11.6 Å². The zero-order valence-electron chi connectivity index (χ0n) is 19.7. The van der Waals surface area contributed by atoms with E-state index in [0.29, 0.717) is 16.3 Å². The van der Waals surface area contributed by atoms with Gasteiger partial charge in [0.15, 0.2) is 5.41 Å². The fraction of sp³-hybridized carbons (Fsp3) is 0.333. The Kier molecular flexibility index (Phi) is 5.98. The number of piperazine rings is 1. The Labute approximate surface area is 215 Å². The van der Waals surface area contributed by atoms with Crippen molar-refractivity contribution in [3.63, 3.8) is 0 Å². The summed E-state index contributed by atoms with van der Waals surface area (Å²) >= 11 is 5.98. The maximum Gasteiger partial charge on any atom is 0.409 e. The van der Waals surface area contributed by atoms with Gasteiger partial charge in [0.25, 0.3) is 11.6 Å². The molecule has 192 valence electrons. The standard InChI is InChI=1S/C24H22ClN5O7/c1-2-37-23(34)27-9-10-28-18-8-7-17(30(35)36)11-14(18)12-24(19(28)13-27)20(31)26-22(33)29(21(24)32)16-5-3-15(25)4-6-16/h3-8,11,19H,2,9-10,12-13H2,1H3,(H,26,31,33)/t19-,24+/m1/s1. The Morgan fingerprint density at radius 1 is 1.19 bits per heavy atom. The number of halogens is 1. The van der Waals surface area contributed by atoms with Crippen LogP contribution in [0.15, 0.2) is 42.5 Å². The first-order chi connectivity index (χ1) is 17.7. The fourth-order valence-corrected chi connectivity index (χ4v) is 5.45. The predicted molar refractivity (Wildman–Crippen MR) is 131 cm³/mol. The Morgan fingerprint density at radius 2 is 1.92 bits per heavy atom. The number of hydrogen-bond donors (Lipinski definition) is 1. The van der Waals surface area contributed by atoms with Crippen LogP contribution in [0, 0.1) is 15.5 Å². The Bertz CT molecular complexity index is 1330. The van der Waals surface area contributed by atoms with Gasteiger partial charge in [-0.15, -0.1) is 0 Å². The number of nitrogens with zero attached hydrogens (tertiary/aromatic N) is 4. The summed E-state index contributed by atoms with van der Waals surface area (Å²) in [5.74, 6) is -1.62. The smallest absolute Gasteiger partial charge is 0.409 e. The predicted octanol–water partition coefficient (Wildman–Crippen LogP) is 2.72. The molecular weight excluding hydrogens is 506 g/mol. The number of anilines is 2. The highest BCUT2D eigenvalue weighted by Crippen LogP contribution is 2.47. The van der Waals surface area contributed by atoms with Gasteiger partial charge in [-0.05, 0) is 42.8 Å². The maximum atomic E-state index is 14.2. The quantitative estimate of drug-likeness (QED) is 0.364. The topological polar surface area (TPSA) is 142 Å². The van der Waals surface area contributed by atoms with Gasteiger partial charge in [-0.3, -0.25) is 25.0 Å². The summed E-state index contributed by atoms with van der Waals surface area (Å²) in [6.45, 7) is 2.28. The van der Waals surface area contributed by atoms with Gasteiger partial charge in [0.05, 0.1) is 23.3 Å². The van der Waals surface area contributed by atoms with Crippen molar-refractivity contribution in [1.82, 2.24) is 10.2 Å². The minimum absolute atomic E-state index is 0.0307. The van der Waals surface area contributed by atoms with Crippen molar-refractivity contribution < 1.29 is 28.8 Å². The van der Waals surface area contributed by atoms with E-state index >= 15 is 0 Å². The molecule has 1 spiro atoms. The molecule has 0 aliphatic carbocycles. The molecule has 0 aromatic heterocycles. The van der Waals surface area contributed by atoms with Gasteiger partial charge in [0.2, 0.25) is 5.91 Å². The number of urea groups is 1. The molecule has 1 N–H and O–H groups in total. The number of nitrogens with one attached hydrogen (secondary N) is 1. The number of non-ortho nitro benzene ring substituents is 1. The van der Waals surface area contributed by atoms with E-state index in [1.165, 1.54) is 41.3 Å². The average molecular weight is 528 g/mol. The molecule has 0 radical (unpaired) electrons. The summed E-state index contributed by atoms with van der Waals surface area (Å²) in [5, 5.41) is 14.2. The fourth-order valence-electron chi connectivity index (χ4n) is 5.33. The summed E-state index contributed by atoms with van der Waals surface area (Å²) in [4.78, 5) is 68.3. The van der Waals surface area contributed by atoms with Crippen molar-refractivity contribution in [3.8, 4) is 0 Å². The summed E-state index contributed by atoms with van der Waals surface area (Å²) in [7, 11) is 0. The van der Waals surface area contributed by atoms with Crippen molar-refractivity contribution >= 4 is 52.6 Å². The molecule has 3 aliphatic heterocycles. The number of nitro groups is 1. The second kappa shape index (κ2) is 9.04. The molecule has 5 rings (SSSR count). The van der Waals surface area contributed by atoms with Crippen molar-refractivity contribution in [3.05, 3.63) is 63.2 Å². The zero-order chi connectivity index (χ0) is 26.5. The third kappa shape index (κ3) is 3.84. The Morgan fingerprint density at radius 3 is 2.59 bits per heavy atom. The second-order valence-corrected chi connectivity index (χ2v) is 9.39. The van der Waals surface area contributed by atoms with Crippen molar-refractivity contribution in [2.45, 2.75) is 19.4 Å².